The Labute approximate surface area is 341 Å². The maximum absolute atomic E-state index is 15.9. The number of imide groups is 1. The zero-order chi connectivity index (χ0) is 41.2. The Morgan fingerprint density at radius 1 is 0.966 bits per heavy atom. The summed E-state index contributed by atoms with van der Waals surface area (Å²) < 4.78 is 46.6. The number of hydrogen-bond acceptors (Lipinski definition) is 9. The molecular formula is C42H39ClF3N9O4. The van der Waals surface area contributed by atoms with Gasteiger partial charge in [0.05, 0.1) is 47.2 Å². The highest BCUT2D eigenvalue weighted by Gasteiger charge is 2.62. The lowest BCUT2D eigenvalue weighted by molar-refractivity contribution is -0.220. The summed E-state index contributed by atoms with van der Waals surface area (Å²) in [4.78, 5) is 62.6. The first-order valence-corrected chi connectivity index (χ1v) is 19.8. The van der Waals surface area contributed by atoms with Crippen LogP contribution in [0.4, 0.5) is 18.9 Å². The molecule has 4 amide bonds. The lowest BCUT2D eigenvalue weighted by Gasteiger charge is -2.57. The average molecular weight is 826 g/mol. The van der Waals surface area contributed by atoms with Gasteiger partial charge in [-0.15, -0.1) is 0 Å². The van der Waals surface area contributed by atoms with E-state index in [-0.39, 0.29) is 61.1 Å². The summed E-state index contributed by atoms with van der Waals surface area (Å²) >= 11 is 6.37. The predicted molar refractivity (Wildman–Crippen MR) is 212 cm³/mol. The maximum Gasteiger partial charge on any atom is 0.273 e. The first-order chi connectivity index (χ1) is 28.3. The Balaban J connectivity index is 0.816. The van der Waals surface area contributed by atoms with E-state index in [1.54, 1.807) is 13.2 Å². The summed E-state index contributed by atoms with van der Waals surface area (Å²) in [6.45, 7) is 0.275. The minimum Gasteiger partial charge on any atom is -0.385 e. The molecule has 4 fully saturated rings. The molecule has 13 nitrogen and oxygen atoms in total. The molecule has 1 saturated carbocycles. The van der Waals surface area contributed by atoms with Crippen LogP contribution in [0.5, 0.6) is 0 Å². The minimum absolute atomic E-state index is 0.140. The van der Waals surface area contributed by atoms with Gasteiger partial charge in [-0.2, -0.15) is 5.10 Å². The number of amides is 4. The number of alkyl halides is 3. The number of anilines is 1. The largest absolute Gasteiger partial charge is 0.385 e. The van der Waals surface area contributed by atoms with E-state index in [0.29, 0.717) is 35.6 Å². The van der Waals surface area contributed by atoms with E-state index in [9.17, 15) is 23.6 Å². The summed E-state index contributed by atoms with van der Waals surface area (Å²) in [6.07, 6.45) is 2.96. The molecule has 17 heteroatoms. The highest BCUT2D eigenvalue weighted by atomic mass is 35.5. The lowest BCUT2D eigenvalue weighted by Crippen LogP contribution is -2.70. The second-order valence-electron chi connectivity index (χ2n) is 15.9. The molecule has 3 atom stereocenters. The van der Waals surface area contributed by atoms with Crippen LogP contribution >= 0.6 is 11.6 Å². The number of nitrogens with one attached hydrogen (secondary N) is 3. The van der Waals surface area contributed by atoms with Crippen LogP contribution in [0, 0.1) is 5.41 Å². The molecule has 0 bridgehead atoms. The lowest BCUT2D eigenvalue weighted by atomic mass is 9.69. The van der Waals surface area contributed by atoms with Crippen molar-refractivity contribution in [2.24, 2.45) is 5.41 Å². The van der Waals surface area contributed by atoms with E-state index in [1.165, 1.54) is 33.8 Å². The molecule has 5 aromatic rings. The minimum atomic E-state index is -3.12. The number of imidazole rings is 1. The number of piperidine rings is 2. The molecule has 3 aromatic heterocycles. The molecule has 9 rings (SSSR count). The normalized spacial score (nSPS) is 22.2. The summed E-state index contributed by atoms with van der Waals surface area (Å²) in [5, 5.41) is 13.0. The van der Waals surface area contributed by atoms with Gasteiger partial charge in [-0.1, -0.05) is 41.9 Å². The molecule has 4 aliphatic rings. The molecule has 2 aromatic carbocycles. The quantitative estimate of drug-likeness (QED) is 0.164. The average Bonchev–Trinajstić information content (AvgIpc) is 3.72. The Morgan fingerprint density at radius 3 is 2.37 bits per heavy atom. The van der Waals surface area contributed by atoms with E-state index in [4.69, 9.17) is 11.6 Å². The van der Waals surface area contributed by atoms with Gasteiger partial charge >= 0.3 is 0 Å². The topological polar surface area (TPSA) is 154 Å². The third-order valence-electron chi connectivity index (χ3n) is 11.9. The first kappa shape index (κ1) is 38.6. The molecule has 304 valence electrons. The maximum atomic E-state index is 15.9. The second-order valence-corrected chi connectivity index (χ2v) is 16.3. The van der Waals surface area contributed by atoms with Gasteiger partial charge in [0.25, 0.3) is 17.7 Å². The van der Waals surface area contributed by atoms with E-state index < -0.39 is 53.7 Å². The Kier molecular flexibility index (Phi) is 9.66. The standard InChI is InChI=1S/C42H39ClF3N9O4/c1-47-34-16-32(52-55-35(18-49-37(34)55)39(58)50-33-15-30(33)44)25-5-3-24(4-6-25)31-10-2-23(17-48-31)19-53-20-41(21-53)12-13-54(22-42(41,45)46)40(59)26-7-9-29(43)28(14-26)27-8-11-36(56)51-38(27)57/h2-7,9-10,14,16-18,27,30,33,47H,8,11-13,15,19-22H2,1H3,(H,50,58)(H,51,56,57)/t27?,30-,33+/m0/s1. The number of pyridine rings is 1. The van der Waals surface area contributed by atoms with Crippen LogP contribution in [0.25, 0.3) is 28.2 Å². The van der Waals surface area contributed by atoms with Crippen molar-refractivity contribution >= 4 is 46.6 Å². The van der Waals surface area contributed by atoms with Crippen molar-refractivity contribution in [2.45, 2.75) is 56.3 Å². The zero-order valence-electron chi connectivity index (χ0n) is 31.9. The number of carbonyl (C=O) groups excluding carboxylic acids is 4. The van der Waals surface area contributed by atoms with Gasteiger partial charge in [-0.3, -0.25) is 34.4 Å². The van der Waals surface area contributed by atoms with Crippen molar-refractivity contribution in [3.8, 4) is 22.5 Å². The highest BCUT2D eigenvalue weighted by Crippen LogP contribution is 2.50. The Morgan fingerprint density at radius 2 is 1.71 bits per heavy atom. The van der Waals surface area contributed by atoms with Crippen LogP contribution in [0.1, 0.15) is 63.6 Å². The second kappa shape index (κ2) is 14.7. The van der Waals surface area contributed by atoms with Crippen molar-refractivity contribution in [1.29, 1.82) is 0 Å². The van der Waals surface area contributed by atoms with Gasteiger partial charge in [0, 0.05) is 74.0 Å². The van der Waals surface area contributed by atoms with Gasteiger partial charge < -0.3 is 15.5 Å². The van der Waals surface area contributed by atoms with Crippen molar-refractivity contribution < 1.29 is 32.3 Å². The number of aromatic nitrogens is 4. The molecule has 59 heavy (non-hydrogen) atoms. The molecule has 3 saturated heterocycles. The molecule has 3 N–H and O–H groups in total. The van der Waals surface area contributed by atoms with Gasteiger partial charge in [-0.25, -0.2) is 22.7 Å². The molecule has 0 radical (unpaired) electrons. The predicted octanol–water partition coefficient (Wildman–Crippen LogP) is 5.50. The number of fused-ring (bicyclic) bond motifs is 1. The van der Waals surface area contributed by atoms with Crippen LogP contribution in [-0.2, 0) is 16.1 Å². The molecular weight excluding hydrogens is 787 g/mol. The SMILES string of the molecule is CNc1cc(-c2ccc(-c3ccc(CN4CC5(CCN(C(=O)c6ccc(Cl)c(C7CCC(=O)NC7=O)c6)CC5(F)F)C4)cn3)cc2)nn2c(C(=O)N[C@@H]3C[C@@H]3F)cnc12. The first-order valence-electron chi connectivity index (χ1n) is 19.4. The van der Waals surface area contributed by atoms with E-state index in [2.05, 4.69) is 31.0 Å². The third-order valence-corrected chi connectivity index (χ3v) is 12.3. The number of benzene rings is 2. The number of hydrogen-bond donors (Lipinski definition) is 3. The molecule has 1 unspecified atom stereocenters. The Hall–Kier alpha value is -5.87. The molecule has 3 aliphatic heterocycles. The van der Waals surface area contributed by atoms with Crippen molar-refractivity contribution in [1.82, 2.24) is 40.0 Å². The fraction of sp³-hybridized carbons (Fsp3) is 0.357. The van der Waals surface area contributed by atoms with Crippen LogP contribution in [0.15, 0.2) is 73.1 Å². The monoisotopic (exact) mass is 825 g/mol. The van der Waals surface area contributed by atoms with Crippen molar-refractivity contribution in [3.05, 3.63) is 100 Å². The fourth-order valence-corrected chi connectivity index (χ4v) is 8.63. The van der Waals surface area contributed by atoms with Crippen LogP contribution < -0.4 is 16.0 Å². The number of nitrogens with zero attached hydrogens (tertiary/aromatic N) is 6. The van der Waals surface area contributed by atoms with Crippen LogP contribution in [0.3, 0.4) is 0 Å². The van der Waals surface area contributed by atoms with Crippen LogP contribution in [-0.4, -0.2) is 104 Å². The Bertz CT molecular complexity index is 2510. The molecule has 1 spiro atoms. The summed E-state index contributed by atoms with van der Waals surface area (Å²) in [5.74, 6) is -5.70. The van der Waals surface area contributed by atoms with Gasteiger partial charge in [0.1, 0.15) is 6.17 Å². The van der Waals surface area contributed by atoms with Crippen LogP contribution in [0.2, 0.25) is 5.02 Å². The van der Waals surface area contributed by atoms with E-state index >= 15 is 8.78 Å². The van der Waals surface area contributed by atoms with Crippen molar-refractivity contribution in [3.63, 3.8) is 0 Å². The summed E-state index contributed by atoms with van der Waals surface area (Å²) in [5.41, 5.74) is 4.51. The smallest absolute Gasteiger partial charge is 0.273 e. The van der Waals surface area contributed by atoms with E-state index in [0.717, 1.165) is 22.4 Å². The van der Waals surface area contributed by atoms with Gasteiger partial charge in [0.15, 0.2) is 11.3 Å². The summed E-state index contributed by atoms with van der Waals surface area (Å²) in [6, 6.07) is 17.3. The van der Waals surface area contributed by atoms with Gasteiger partial charge in [-0.05, 0) is 54.3 Å². The zero-order valence-corrected chi connectivity index (χ0v) is 32.6. The van der Waals surface area contributed by atoms with E-state index in [1.807, 2.05) is 47.4 Å². The van der Waals surface area contributed by atoms with Crippen molar-refractivity contribution in [2.75, 3.05) is 38.5 Å². The summed E-state index contributed by atoms with van der Waals surface area (Å²) in [7, 11) is 1.75. The fourth-order valence-electron chi connectivity index (χ4n) is 8.38. The number of likely N-dealkylation sites (tertiary alicyclic amines) is 2. The number of rotatable bonds is 9. The number of halogens is 4. The number of carbonyl (C=O) groups is 4. The molecule has 1 aliphatic carbocycles. The van der Waals surface area contributed by atoms with Gasteiger partial charge in [0.2, 0.25) is 11.8 Å². The molecule has 6 heterocycles. The highest BCUT2D eigenvalue weighted by molar-refractivity contribution is 6.32. The third kappa shape index (κ3) is 7.17.